The molecule has 19 heavy (non-hydrogen) atoms. The molecule has 1 aromatic carbocycles. The molecule has 6 nitrogen and oxygen atoms in total. The van der Waals surface area contributed by atoms with E-state index >= 15 is 0 Å². The largest absolute Gasteiger partial charge is 0.388 e. The summed E-state index contributed by atoms with van der Waals surface area (Å²) in [6, 6.07) is 4.90. The van der Waals surface area contributed by atoms with E-state index in [0.717, 1.165) is 5.56 Å². The van der Waals surface area contributed by atoms with Crippen molar-refractivity contribution in [1.29, 1.82) is 0 Å². The first-order chi connectivity index (χ1) is 9.00. The molecule has 0 atom stereocenters. The summed E-state index contributed by atoms with van der Waals surface area (Å²) in [5, 5.41) is 24.3. The maximum Gasteiger partial charge on any atom is 0.292 e. The second kappa shape index (κ2) is 5.54. The van der Waals surface area contributed by atoms with Gasteiger partial charge in [-0.15, -0.1) is 0 Å². The van der Waals surface area contributed by atoms with Gasteiger partial charge in [-0.3, -0.25) is 10.1 Å². The summed E-state index contributed by atoms with van der Waals surface area (Å²) < 4.78 is 5.20. The monoisotopic (exact) mass is 266 g/mol. The second-order valence-corrected chi connectivity index (χ2v) is 4.97. The fourth-order valence-corrected chi connectivity index (χ4v) is 2.14. The molecule has 1 aliphatic rings. The summed E-state index contributed by atoms with van der Waals surface area (Å²) in [4.78, 5) is 10.5. The number of hydrogen-bond donors (Lipinski definition) is 2. The molecule has 2 N–H and O–H groups in total. The van der Waals surface area contributed by atoms with E-state index in [0.29, 0.717) is 38.3 Å². The van der Waals surface area contributed by atoms with Gasteiger partial charge in [-0.2, -0.15) is 0 Å². The van der Waals surface area contributed by atoms with Crippen LogP contribution in [0.1, 0.15) is 18.4 Å². The first-order valence-electron chi connectivity index (χ1n) is 6.29. The smallest absolute Gasteiger partial charge is 0.292 e. The molecule has 104 valence electrons. The van der Waals surface area contributed by atoms with Gasteiger partial charge in [0.1, 0.15) is 5.69 Å². The minimum absolute atomic E-state index is 0.0289. The maximum absolute atomic E-state index is 10.9. The summed E-state index contributed by atoms with van der Waals surface area (Å²) in [7, 11) is 0. The number of ether oxygens (including phenoxy) is 1. The molecule has 0 unspecified atom stereocenters. The van der Waals surface area contributed by atoms with Gasteiger partial charge < -0.3 is 15.2 Å². The highest BCUT2D eigenvalue weighted by molar-refractivity contribution is 5.62. The number of nitrogens with zero attached hydrogens (tertiary/aromatic N) is 1. The molecule has 2 rings (SSSR count). The Morgan fingerprint density at radius 2 is 2.16 bits per heavy atom. The third kappa shape index (κ3) is 3.42. The van der Waals surface area contributed by atoms with Gasteiger partial charge in [0.2, 0.25) is 0 Å². The Morgan fingerprint density at radius 1 is 1.47 bits per heavy atom. The molecule has 0 bridgehead atoms. The highest BCUT2D eigenvalue weighted by Crippen LogP contribution is 2.27. The van der Waals surface area contributed by atoms with Crippen LogP contribution in [0.15, 0.2) is 18.2 Å². The number of benzene rings is 1. The Labute approximate surface area is 111 Å². The number of nitro groups is 1. The molecule has 1 fully saturated rings. The molecule has 0 radical (unpaired) electrons. The summed E-state index contributed by atoms with van der Waals surface area (Å²) in [5.41, 5.74) is 0.564. The van der Waals surface area contributed by atoms with Crippen LogP contribution in [0.4, 0.5) is 11.4 Å². The molecule has 0 spiro atoms. The van der Waals surface area contributed by atoms with Gasteiger partial charge in [0, 0.05) is 38.7 Å². The molecular weight excluding hydrogens is 248 g/mol. The molecule has 0 aromatic heterocycles. The van der Waals surface area contributed by atoms with Crippen molar-refractivity contribution in [3.8, 4) is 0 Å². The van der Waals surface area contributed by atoms with E-state index in [-0.39, 0.29) is 5.69 Å². The van der Waals surface area contributed by atoms with Crippen molar-refractivity contribution in [3.05, 3.63) is 33.9 Å². The van der Waals surface area contributed by atoms with E-state index in [1.165, 1.54) is 6.07 Å². The molecule has 0 aliphatic carbocycles. The third-order valence-corrected chi connectivity index (χ3v) is 3.38. The number of nitrogens with one attached hydrogen (secondary N) is 1. The lowest BCUT2D eigenvalue weighted by atomic mass is 9.94. The standard InChI is InChI=1S/C13H18N2O4/c1-10-2-3-12(15(17)18)11(8-10)14-9-13(16)4-6-19-7-5-13/h2-3,8,14,16H,4-7,9H2,1H3. The van der Waals surface area contributed by atoms with Crippen LogP contribution >= 0.6 is 0 Å². The summed E-state index contributed by atoms with van der Waals surface area (Å²) in [6.45, 7) is 3.21. The minimum atomic E-state index is -0.851. The highest BCUT2D eigenvalue weighted by Gasteiger charge is 2.30. The Bertz CT molecular complexity index is 470. The van der Waals surface area contributed by atoms with Crippen LogP contribution in [0.5, 0.6) is 0 Å². The van der Waals surface area contributed by atoms with Crippen molar-refractivity contribution >= 4 is 11.4 Å². The Kier molecular flexibility index (Phi) is 4.01. The van der Waals surface area contributed by atoms with Crippen molar-refractivity contribution in [3.63, 3.8) is 0 Å². The lowest BCUT2D eigenvalue weighted by molar-refractivity contribution is -0.384. The number of aryl methyl sites for hydroxylation is 1. The van der Waals surface area contributed by atoms with Gasteiger partial charge in [-0.1, -0.05) is 6.07 Å². The molecular formula is C13H18N2O4. The van der Waals surface area contributed by atoms with Gasteiger partial charge in [0.05, 0.1) is 10.5 Å². The fourth-order valence-electron chi connectivity index (χ4n) is 2.14. The topological polar surface area (TPSA) is 84.6 Å². The molecule has 1 aromatic rings. The number of hydrogen-bond acceptors (Lipinski definition) is 5. The van der Waals surface area contributed by atoms with Crippen LogP contribution in [-0.4, -0.2) is 35.4 Å². The minimum Gasteiger partial charge on any atom is -0.388 e. The van der Waals surface area contributed by atoms with Gasteiger partial charge in [-0.25, -0.2) is 0 Å². The normalized spacial score (nSPS) is 18.0. The van der Waals surface area contributed by atoms with Crippen LogP contribution < -0.4 is 5.32 Å². The summed E-state index contributed by atoms with van der Waals surface area (Å²) in [6.07, 6.45) is 1.08. The van der Waals surface area contributed by atoms with Crippen molar-refractivity contribution in [1.82, 2.24) is 0 Å². The van der Waals surface area contributed by atoms with Crippen LogP contribution in [0, 0.1) is 17.0 Å². The van der Waals surface area contributed by atoms with Crippen molar-refractivity contribution in [2.24, 2.45) is 0 Å². The Morgan fingerprint density at radius 3 is 2.79 bits per heavy atom. The molecule has 0 amide bonds. The van der Waals surface area contributed by atoms with E-state index in [2.05, 4.69) is 5.32 Å². The molecule has 1 aliphatic heterocycles. The van der Waals surface area contributed by atoms with Crippen molar-refractivity contribution in [2.75, 3.05) is 25.1 Å². The van der Waals surface area contributed by atoms with Gasteiger partial charge in [0.15, 0.2) is 0 Å². The number of rotatable bonds is 4. The zero-order chi connectivity index (χ0) is 13.9. The molecule has 6 heteroatoms. The zero-order valence-corrected chi connectivity index (χ0v) is 10.9. The quantitative estimate of drug-likeness (QED) is 0.641. The van der Waals surface area contributed by atoms with Crippen LogP contribution in [0.2, 0.25) is 0 Å². The van der Waals surface area contributed by atoms with E-state index in [9.17, 15) is 15.2 Å². The SMILES string of the molecule is Cc1ccc([N+](=O)[O-])c(NCC2(O)CCOCC2)c1. The van der Waals surface area contributed by atoms with E-state index in [1.807, 2.05) is 6.92 Å². The Balaban J connectivity index is 2.10. The van der Waals surface area contributed by atoms with Crippen molar-refractivity contribution in [2.45, 2.75) is 25.4 Å². The van der Waals surface area contributed by atoms with E-state index in [1.54, 1.807) is 12.1 Å². The predicted molar refractivity (Wildman–Crippen MR) is 71.3 cm³/mol. The number of nitro benzene ring substituents is 1. The van der Waals surface area contributed by atoms with Gasteiger partial charge in [-0.05, 0) is 18.6 Å². The third-order valence-electron chi connectivity index (χ3n) is 3.38. The number of aliphatic hydroxyl groups is 1. The lowest BCUT2D eigenvalue weighted by Crippen LogP contribution is -2.42. The highest BCUT2D eigenvalue weighted by atomic mass is 16.6. The van der Waals surface area contributed by atoms with Gasteiger partial charge >= 0.3 is 0 Å². The fraction of sp³-hybridized carbons (Fsp3) is 0.538. The van der Waals surface area contributed by atoms with Crippen LogP contribution in [0.3, 0.4) is 0 Å². The van der Waals surface area contributed by atoms with Gasteiger partial charge in [0.25, 0.3) is 5.69 Å². The Hall–Kier alpha value is -1.66. The first kappa shape index (κ1) is 13.8. The molecule has 1 heterocycles. The maximum atomic E-state index is 10.9. The molecule has 0 saturated carbocycles. The van der Waals surface area contributed by atoms with Crippen LogP contribution in [-0.2, 0) is 4.74 Å². The second-order valence-electron chi connectivity index (χ2n) is 4.97. The summed E-state index contributed by atoms with van der Waals surface area (Å²) in [5.74, 6) is 0. The average Bonchev–Trinajstić information content (AvgIpc) is 2.37. The van der Waals surface area contributed by atoms with E-state index in [4.69, 9.17) is 4.74 Å². The predicted octanol–water partition coefficient (Wildman–Crippen LogP) is 1.86. The summed E-state index contributed by atoms with van der Waals surface area (Å²) >= 11 is 0. The van der Waals surface area contributed by atoms with Crippen molar-refractivity contribution < 1.29 is 14.8 Å². The van der Waals surface area contributed by atoms with Crippen LogP contribution in [0.25, 0.3) is 0 Å². The average molecular weight is 266 g/mol. The molecule has 1 saturated heterocycles. The first-order valence-corrected chi connectivity index (χ1v) is 6.29. The van der Waals surface area contributed by atoms with E-state index < -0.39 is 10.5 Å². The lowest BCUT2D eigenvalue weighted by Gasteiger charge is -2.32. The zero-order valence-electron chi connectivity index (χ0n) is 10.9. The number of anilines is 1.